The van der Waals surface area contributed by atoms with E-state index in [0.717, 1.165) is 57.8 Å². The molecule has 0 spiro atoms. The van der Waals surface area contributed by atoms with Gasteiger partial charge in [-0.1, -0.05) is 18.2 Å². The summed E-state index contributed by atoms with van der Waals surface area (Å²) in [4.78, 5) is 33.2. The highest BCUT2D eigenvalue weighted by Gasteiger charge is 2.25. The maximum Gasteiger partial charge on any atom is 0.241 e. The standard InChI is InChI=1S/C20H30N4O2/c1-2-24(18-8-4-3-5-9-18)20(26)17-22-14-12-21(13-15-22)16-19(25)23-10-6-7-11-23/h3-5,8-9H,2,6-7,10-17H2,1H3. The molecule has 0 aliphatic carbocycles. The van der Waals surface area contributed by atoms with Crippen LogP contribution in [0.25, 0.3) is 0 Å². The summed E-state index contributed by atoms with van der Waals surface area (Å²) in [7, 11) is 0. The third kappa shape index (κ3) is 4.83. The molecule has 2 amide bonds. The first-order chi connectivity index (χ1) is 12.7. The summed E-state index contributed by atoms with van der Waals surface area (Å²) in [6.07, 6.45) is 2.27. The highest BCUT2D eigenvalue weighted by molar-refractivity contribution is 5.94. The van der Waals surface area contributed by atoms with Gasteiger partial charge in [0.2, 0.25) is 11.8 Å². The lowest BCUT2D eigenvalue weighted by molar-refractivity contribution is -0.132. The molecule has 2 aliphatic rings. The van der Waals surface area contributed by atoms with Gasteiger partial charge in [-0.3, -0.25) is 19.4 Å². The van der Waals surface area contributed by atoms with Crippen LogP contribution in [0.5, 0.6) is 0 Å². The average molecular weight is 358 g/mol. The topological polar surface area (TPSA) is 47.1 Å². The molecule has 3 rings (SSSR count). The number of anilines is 1. The molecule has 0 aromatic heterocycles. The minimum Gasteiger partial charge on any atom is -0.342 e. The van der Waals surface area contributed by atoms with Crippen LogP contribution in [0.1, 0.15) is 19.8 Å². The number of carbonyl (C=O) groups is 2. The van der Waals surface area contributed by atoms with Crippen molar-refractivity contribution in [1.82, 2.24) is 14.7 Å². The van der Waals surface area contributed by atoms with E-state index < -0.39 is 0 Å². The Bertz CT molecular complexity index is 593. The first kappa shape index (κ1) is 18.9. The van der Waals surface area contributed by atoms with Crippen molar-refractivity contribution < 1.29 is 9.59 Å². The van der Waals surface area contributed by atoms with E-state index in [1.165, 1.54) is 0 Å². The third-order valence-electron chi connectivity index (χ3n) is 5.33. The minimum absolute atomic E-state index is 0.139. The number of carbonyl (C=O) groups excluding carboxylic acids is 2. The molecule has 0 N–H and O–H groups in total. The van der Waals surface area contributed by atoms with Crippen LogP contribution in [-0.4, -0.2) is 85.4 Å². The van der Waals surface area contributed by atoms with E-state index in [1.807, 2.05) is 47.1 Å². The molecule has 2 heterocycles. The molecule has 6 nitrogen and oxygen atoms in total. The van der Waals surface area contributed by atoms with Crippen molar-refractivity contribution in [3.05, 3.63) is 30.3 Å². The first-order valence-electron chi connectivity index (χ1n) is 9.75. The molecular weight excluding hydrogens is 328 g/mol. The van der Waals surface area contributed by atoms with Gasteiger partial charge in [0, 0.05) is 51.5 Å². The number of likely N-dealkylation sites (tertiary alicyclic amines) is 1. The molecule has 2 fully saturated rings. The lowest BCUT2D eigenvalue weighted by Gasteiger charge is -2.35. The monoisotopic (exact) mass is 358 g/mol. The van der Waals surface area contributed by atoms with Gasteiger partial charge in [-0.2, -0.15) is 0 Å². The van der Waals surface area contributed by atoms with Crippen LogP contribution in [0.2, 0.25) is 0 Å². The first-order valence-corrected chi connectivity index (χ1v) is 9.75. The number of hydrogen-bond donors (Lipinski definition) is 0. The van der Waals surface area contributed by atoms with Gasteiger partial charge in [-0.15, -0.1) is 0 Å². The fourth-order valence-corrected chi connectivity index (χ4v) is 3.75. The summed E-state index contributed by atoms with van der Waals surface area (Å²) >= 11 is 0. The van der Waals surface area contributed by atoms with Crippen molar-refractivity contribution in [3.63, 3.8) is 0 Å². The molecule has 2 saturated heterocycles. The Kier molecular flexibility index (Phi) is 6.63. The molecule has 1 aromatic carbocycles. The number of para-hydroxylation sites is 1. The number of likely N-dealkylation sites (N-methyl/N-ethyl adjacent to an activating group) is 1. The van der Waals surface area contributed by atoms with Crippen LogP contribution in [0, 0.1) is 0 Å². The summed E-state index contributed by atoms with van der Waals surface area (Å²) in [5.74, 6) is 0.397. The molecule has 142 valence electrons. The average Bonchev–Trinajstić information content (AvgIpc) is 3.20. The van der Waals surface area contributed by atoms with Gasteiger partial charge < -0.3 is 9.80 Å². The molecule has 0 radical (unpaired) electrons. The Morgan fingerprint density at radius 2 is 1.46 bits per heavy atom. The zero-order valence-corrected chi connectivity index (χ0v) is 15.8. The van der Waals surface area contributed by atoms with E-state index in [9.17, 15) is 9.59 Å². The second kappa shape index (κ2) is 9.14. The van der Waals surface area contributed by atoms with Crippen molar-refractivity contribution in [3.8, 4) is 0 Å². The quantitative estimate of drug-likeness (QED) is 0.769. The number of rotatable bonds is 6. The maximum absolute atomic E-state index is 12.7. The smallest absolute Gasteiger partial charge is 0.241 e. The summed E-state index contributed by atoms with van der Waals surface area (Å²) in [6.45, 7) is 8.86. The van der Waals surface area contributed by atoms with Crippen LogP contribution in [0.4, 0.5) is 5.69 Å². The van der Waals surface area contributed by atoms with E-state index in [4.69, 9.17) is 0 Å². The summed E-state index contributed by atoms with van der Waals surface area (Å²) < 4.78 is 0. The van der Waals surface area contributed by atoms with E-state index in [1.54, 1.807) is 0 Å². The van der Waals surface area contributed by atoms with Gasteiger partial charge in [0.25, 0.3) is 0 Å². The van der Waals surface area contributed by atoms with Crippen molar-refractivity contribution in [1.29, 1.82) is 0 Å². The zero-order valence-electron chi connectivity index (χ0n) is 15.8. The Morgan fingerprint density at radius 1 is 0.885 bits per heavy atom. The Hall–Kier alpha value is -1.92. The number of piperazine rings is 1. The molecule has 0 atom stereocenters. The van der Waals surface area contributed by atoms with Gasteiger partial charge in [0.05, 0.1) is 13.1 Å². The number of nitrogens with zero attached hydrogens (tertiary/aromatic N) is 4. The lowest BCUT2D eigenvalue weighted by Crippen LogP contribution is -2.52. The van der Waals surface area contributed by atoms with Gasteiger partial charge >= 0.3 is 0 Å². The van der Waals surface area contributed by atoms with E-state index in [2.05, 4.69) is 9.80 Å². The number of benzene rings is 1. The Morgan fingerprint density at radius 3 is 2.04 bits per heavy atom. The summed E-state index contributed by atoms with van der Waals surface area (Å²) in [5.41, 5.74) is 0.954. The lowest BCUT2D eigenvalue weighted by atomic mass is 10.2. The van der Waals surface area contributed by atoms with Crippen LogP contribution >= 0.6 is 0 Å². The number of amides is 2. The largest absolute Gasteiger partial charge is 0.342 e. The van der Waals surface area contributed by atoms with Crippen LogP contribution in [-0.2, 0) is 9.59 Å². The predicted molar refractivity (Wildman–Crippen MR) is 103 cm³/mol. The maximum atomic E-state index is 12.7. The molecule has 1 aromatic rings. The minimum atomic E-state index is 0.139. The molecule has 26 heavy (non-hydrogen) atoms. The number of hydrogen-bond acceptors (Lipinski definition) is 4. The van der Waals surface area contributed by atoms with Crippen molar-refractivity contribution in [2.75, 3.05) is 63.8 Å². The van der Waals surface area contributed by atoms with E-state index in [-0.39, 0.29) is 11.8 Å². The molecular formula is C20H30N4O2. The van der Waals surface area contributed by atoms with Gasteiger partial charge in [-0.25, -0.2) is 0 Å². The summed E-state index contributed by atoms with van der Waals surface area (Å²) in [6, 6.07) is 9.83. The molecule has 6 heteroatoms. The second-order valence-corrected chi connectivity index (χ2v) is 7.11. The predicted octanol–water partition coefficient (Wildman–Crippen LogP) is 1.28. The Balaban J connectivity index is 1.44. The fourth-order valence-electron chi connectivity index (χ4n) is 3.75. The van der Waals surface area contributed by atoms with E-state index in [0.29, 0.717) is 19.6 Å². The second-order valence-electron chi connectivity index (χ2n) is 7.11. The zero-order chi connectivity index (χ0) is 18.4. The van der Waals surface area contributed by atoms with Crippen molar-refractivity contribution >= 4 is 17.5 Å². The Labute approximate surface area is 156 Å². The van der Waals surface area contributed by atoms with Crippen LogP contribution < -0.4 is 4.90 Å². The normalized spacial score (nSPS) is 18.9. The molecule has 2 aliphatic heterocycles. The summed E-state index contributed by atoms with van der Waals surface area (Å²) in [5, 5.41) is 0. The van der Waals surface area contributed by atoms with Crippen molar-refractivity contribution in [2.24, 2.45) is 0 Å². The molecule has 0 bridgehead atoms. The van der Waals surface area contributed by atoms with E-state index >= 15 is 0 Å². The van der Waals surface area contributed by atoms with Gasteiger partial charge in [0.1, 0.15) is 0 Å². The van der Waals surface area contributed by atoms with Gasteiger partial charge in [0.15, 0.2) is 0 Å². The fraction of sp³-hybridized carbons (Fsp3) is 0.600. The molecule has 0 saturated carbocycles. The SMILES string of the molecule is CCN(C(=O)CN1CCN(CC(=O)N2CCCC2)CC1)c1ccccc1. The van der Waals surface area contributed by atoms with Crippen LogP contribution in [0.3, 0.4) is 0 Å². The highest BCUT2D eigenvalue weighted by Crippen LogP contribution is 2.14. The van der Waals surface area contributed by atoms with Gasteiger partial charge in [-0.05, 0) is 31.9 Å². The highest BCUT2D eigenvalue weighted by atomic mass is 16.2. The van der Waals surface area contributed by atoms with Crippen molar-refractivity contribution in [2.45, 2.75) is 19.8 Å². The molecule has 0 unspecified atom stereocenters. The van der Waals surface area contributed by atoms with Crippen LogP contribution in [0.15, 0.2) is 30.3 Å². The third-order valence-corrected chi connectivity index (χ3v) is 5.33.